The molecule has 0 N–H and O–H groups in total. The largest absolute Gasteiger partial charge is 2.00 e. The first-order valence-electron chi connectivity index (χ1n) is 12.8. The zero-order valence-electron chi connectivity index (χ0n) is 21.8. The maximum absolute atomic E-state index is 14.9. The number of benzene rings is 4. The second-order valence-corrected chi connectivity index (χ2v) is 9.38. The molecule has 208 valence electrons. The van der Waals surface area contributed by atoms with Crippen molar-refractivity contribution in [2.75, 3.05) is 0 Å². The Labute approximate surface area is 255 Å². The first-order chi connectivity index (χ1) is 20.0. The summed E-state index contributed by atoms with van der Waals surface area (Å²) in [6.07, 6.45) is 0. The van der Waals surface area contributed by atoms with Crippen molar-refractivity contribution in [2.24, 2.45) is 0 Å². The van der Waals surface area contributed by atoms with Crippen LogP contribution < -0.4 is 0 Å². The van der Waals surface area contributed by atoms with E-state index in [1.807, 2.05) is 72.8 Å². The van der Waals surface area contributed by atoms with Crippen molar-refractivity contribution < 1.29 is 38.6 Å². The molecule has 6 aromatic rings. The minimum Gasteiger partial charge on any atom is -0.299 e. The van der Waals surface area contributed by atoms with Crippen LogP contribution in [0.2, 0.25) is 0 Å². The molecule has 0 radical (unpaired) electrons. The van der Waals surface area contributed by atoms with Gasteiger partial charge in [0.15, 0.2) is 0 Å². The topological polar surface area (TPSA) is 25.8 Å². The van der Waals surface area contributed by atoms with Crippen molar-refractivity contribution in [1.29, 1.82) is 0 Å². The van der Waals surface area contributed by atoms with Gasteiger partial charge in [0.05, 0.1) is 11.4 Å². The molecule has 2 aromatic heterocycles. The monoisotopic (exact) mass is 739 g/mol. The maximum atomic E-state index is 14.9. The van der Waals surface area contributed by atoms with E-state index in [1.54, 1.807) is 24.3 Å². The molecule has 6 rings (SSSR count). The van der Waals surface area contributed by atoms with Crippen molar-refractivity contribution in [1.82, 2.24) is 9.97 Å². The van der Waals surface area contributed by atoms with Crippen LogP contribution in [0.3, 0.4) is 0 Å². The first kappa shape index (κ1) is 29.1. The van der Waals surface area contributed by atoms with Crippen LogP contribution in [0.5, 0.6) is 0 Å². The van der Waals surface area contributed by atoms with E-state index in [0.717, 1.165) is 35.4 Å². The Kier molecular flexibility index (Phi) is 8.46. The number of hydrogen-bond acceptors (Lipinski definition) is 2. The molecule has 0 aliphatic heterocycles. The van der Waals surface area contributed by atoms with Gasteiger partial charge in [0.25, 0.3) is 0 Å². The Balaban J connectivity index is 0.00000353. The molecule has 42 heavy (non-hydrogen) atoms. The Bertz CT molecular complexity index is 1710. The van der Waals surface area contributed by atoms with Crippen molar-refractivity contribution in [3.8, 4) is 22.5 Å². The number of aromatic nitrogens is 2. The van der Waals surface area contributed by atoms with Crippen LogP contribution in [-0.4, -0.2) is 9.97 Å². The molecule has 0 aliphatic carbocycles. The zero-order chi connectivity index (χ0) is 28.4. The van der Waals surface area contributed by atoms with E-state index in [1.165, 1.54) is 0 Å². The Hall–Kier alpha value is -4.41. The van der Waals surface area contributed by atoms with Gasteiger partial charge in [-0.15, -0.1) is 24.3 Å². The number of hydrogen-bond donors (Lipinski definition) is 0. The number of halogens is 4. The molecule has 0 spiro atoms. The van der Waals surface area contributed by atoms with Crippen molar-refractivity contribution in [3.05, 3.63) is 179 Å². The van der Waals surface area contributed by atoms with E-state index in [-0.39, 0.29) is 43.6 Å². The van der Waals surface area contributed by atoms with Gasteiger partial charge in [0.1, 0.15) is 5.41 Å². The number of nitrogens with zero attached hydrogens (tertiary/aromatic N) is 2. The number of pyridine rings is 2. The summed E-state index contributed by atoms with van der Waals surface area (Å²) in [5.41, 5.74) is 1.99. The molecule has 0 aliphatic rings. The van der Waals surface area contributed by atoms with Crippen molar-refractivity contribution >= 4 is 0 Å². The van der Waals surface area contributed by atoms with Gasteiger partial charge >= 0.3 is 21.1 Å². The molecule has 0 saturated carbocycles. The third kappa shape index (κ3) is 5.30. The Morgan fingerprint density at radius 1 is 0.500 bits per heavy atom. The average molecular weight is 740 g/mol. The molecular formula is C35H20F4N2Pt. The molecule has 2 heterocycles. The summed E-state index contributed by atoms with van der Waals surface area (Å²) in [4.78, 5) is 9.80. The quantitative estimate of drug-likeness (QED) is 0.127. The molecule has 7 heteroatoms. The SMILES string of the molecule is Fc1c[c-]c(-c2cccc(C(c3ccccc3)(c3ccccc3)c3cccc(-c4[c-]cc(F)cc4F)n3)n2)c(F)c1.[Pt+2]. The van der Waals surface area contributed by atoms with E-state index >= 15 is 0 Å². The molecule has 0 atom stereocenters. The van der Waals surface area contributed by atoms with Gasteiger partial charge in [-0.2, -0.15) is 0 Å². The average Bonchev–Trinajstić information content (AvgIpc) is 2.99. The fraction of sp³-hybridized carbons (Fsp3) is 0.0286. The fourth-order valence-corrected chi connectivity index (χ4v) is 5.11. The molecular weight excluding hydrogens is 719 g/mol. The summed E-state index contributed by atoms with van der Waals surface area (Å²) < 4.78 is 57.0. The van der Waals surface area contributed by atoms with Gasteiger partial charge in [0, 0.05) is 23.3 Å². The van der Waals surface area contributed by atoms with Gasteiger partial charge < -0.3 is 0 Å². The van der Waals surface area contributed by atoms with Crippen LogP contribution in [0.25, 0.3) is 22.5 Å². The predicted octanol–water partition coefficient (Wildman–Crippen LogP) is 8.35. The standard InChI is InChI=1S/C35H20F4N2.Pt/c36-25-17-19-27(29(38)21-25)31-13-7-15-33(40-31)35(23-9-3-1-4-10-23,24-11-5-2-6-12-24)34-16-8-14-32(41-34)28-20-18-26(37)22-30(28)39;/h1-18,21-22H;/q-2;+2. The minimum atomic E-state index is -1.15. The molecule has 2 nitrogen and oxygen atoms in total. The first-order valence-corrected chi connectivity index (χ1v) is 12.8. The normalized spacial score (nSPS) is 11.1. The number of rotatable bonds is 6. The molecule has 0 fully saturated rings. The predicted molar refractivity (Wildman–Crippen MR) is 149 cm³/mol. The summed E-state index contributed by atoms with van der Waals surface area (Å²) >= 11 is 0. The van der Waals surface area contributed by atoms with E-state index in [2.05, 4.69) is 12.1 Å². The van der Waals surface area contributed by atoms with Gasteiger partial charge in [-0.05, 0) is 34.6 Å². The molecule has 0 saturated heterocycles. The second-order valence-electron chi connectivity index (χ2n) is 9.38. The molecule has 0 amide bonds. The molecule has 0 bridgehead atoms. The van der Waals surface area contributed by atoms with Gasteiger partial charge in [-0.25, -0.2) is 0 Å². The third-order valence-corrected chi connectivity index (χ3v) is 6.91. The zero-order valence-corrected chi connectivity index (χ0v) is 24.0. The molecule has 0 unspecified atom stereocenters. The molecule has 4 aromatic carbocycles. The Morgan fingerprint density at radius 2 is 0.905 bits per heavy atom. The van der Waals surface area contributed by atoms with Crippen molar-refractivity contribution in [2.45, 2.75) is 5.41 Å². The van der Waals surface area contributed by atoms with Crippen LogP contribution in [0, 0.1) is 35.4 Å². The van der Waals surface area contributed by atoms with Gasteiger partial charge in [0.2, 0.25) is 0 Å². The summed E-state index contributed by atoms with van der Waals surface area (Å²) in [6.45, 7) is 0. The van der Waals surface area contributed by atoms with Crippen LogP contribution in [0.4, 0.5) is 17.6 Å². The minimum absolute atomic E-state index is 0. The van der Waals surface area contributed by atoms with E-state index in [9.17, 15) is 17.6 Å². The smallest absolute Gasteiger partial charge is 0.299 e. The summed E-state index contributed by atoms with van der Waals surface area (Å²) in [6, 6.07) is 38.5. The summed E-state index contributed by atoms with van der Waals surface area (Å²) in [5, 5.41) is 0. The van der Waals surface area contributed by atoms with E-state index in [0.29, 0.717) is 11.4 Å². The third-order valence-electron chi connectivity index (χ3n) is 6.91. The summed E-state index contributed by atoms with van der Waals surface area (Å²) in [7, 11) is 0. The van der Waals surface area contributed by atoms with Gasteiger partial charge in [-0.3, -0.25) is 27.5 Å². The van der Waals surface area contributed by atoms with Gasteiger partial charge in [-0.1, -0.05) is 108 Å². The second kappa shape index (κ2) is 12.2. The van der Waals surface area contributed by atoms with E-state index in [4.69, 9.17) is 9.97 Å². The Morgan fingerprint density at radius 3 is 1.29 bits per heavy atom. The van der Waals surface area contributed by atoms with Crippen LogP contribution >= 0.6 is 0 Å². The van der Waals surface area contributed by atoms with Crippen LogP contribution in [-0.2, 0) is 26.5 Å². The van der Waals surface area contributed by atoms with Crippen LogP contribution in [0.15, 0.2) is 121 Å². The maximum Gasteiger partial charge on any atom is 2.00 e. The van der Waals surface area contributed by atoms with Crippen molar-refractivity contribution in [3.63, 3.8) is 0 Å². The fourth-order valence-electron chi connectivity index (χ4n) is 5.11. The van der Waals surface area contributed by atoms with E-state index < -0.39 is 28.7 Å². The van der Waals surface area contributed by atoms with Crippen LogP contribution in [0.1, 0.15) is 22.5 Å². The summed E-state index contributed by atoms with van der Waals surface area (Å²) in [5.74, 6) is -3.06.